The molecule has 0 N–H and O–H groups in total. The van der Waals surface area contributed by atoms with Crippen LogP contribution in [0.15, 0.2) is 55.0 Å². The van der Waals surface area contributed by atoms with E-state index >= 15 is 0 Å². The SMILES string of the molecule is CC/C(=C\c1ccc2nccn2c1)c1ccccc1C. The second kappa shape index (κ2) is 5.33. The molecule has 0 saturated carbocycles. The van der Waals surface area contributed by atoms with Gasteiger partial charge in [0.05, 0.1) is 0 Å². The van der Waals surface area contributed by atoms with Crippen LogP contribution in [0, 0.1) is 6.92 Å². The molecule has 2 aromatic heterocycles. The van der Waals surface area contributed by atoms with Crippen LogP contribution in [0.5, 0.6) is 0 Å². The van der Waals surface area contributed by atoms with Crippen LogP contribution >= 0.6 is 0 Å². The van der Waals surface area contributed by atoms with Gasteiger partial charge in [-0.3, -0.25) is 0 Å². The van der Waals surface area contributed by atoms with Crippen molar-refractivity contribution >= 4 is 17.3 Å². The summed E-state index contributed by atoms with van der Waals surface area (Å²) in [5.41, 5.74) is 6.21. The van der Waals surface area contributed by atoms with Gasteiger partial charge >= 0.3 is 0 Å². The molecule has 2 heteroatoms. The minimum absolute atomic E-state index is 0.982. The quantitative estimate of drug-likeness (QED) is 0.674. The molecule has 0 spiro atoms. The first-order valence-electron chi connectivity index (χ1n) is 6.97. The van der Waals surface area contributed by atoms with Gasteiger partial charge < -0.3 is 4.40 Å². The lowest BCUT2D eigenvalue weighted by atomic mass is 9.97. The van der Waals surface area contributed by atoms with Gasteiger partial charge in [-0.25, -0.2) is 4.98 Å². The van der Waals surface area contributed by atoms with Crippen LogP contribution in [0.4, 0.5) is 0 Å². The average Bonchev–Trinajstić information content (AvgIpc) is 2.93. The van der Waals surface area contributed by atoms with Gasteiger partial charge in [0.25, 0.3) is 0 Å². The van der Waals surface area contributed by atoms with Gasteiger partial charge in [-0.05, 0) is 53.8 Å². The molecule has 0 atom stereocenters. The molecule has 0 saturated heterocycles. The molecule has 20 heavy (non-hydrogen) atoms. The zero-order chi connectivity index (χ0) is 13.9. The third-order valence-corrected chi connectivity index (χ3v) is 3.62. The van der Waals surface area contributed by atoms with Gasteiger partial charge in [-0.2, -0.15) is 0 Å². The molecular weight excluding hydrogens is 244 g/mol. The number of hydrogen-bond donors (Lipinski definition) is 0. The summed E-state index contributed by atoms with van der Waals surface area (Å²) >= 11 is 0. The van der Waals surface area contributed by atoms with E-state index in [4.69, 9.17) is 0 Å². The average molecular weight is 262 g/mol. The topological polar surface area (TPSA) is 17.3 Å². The van der Waals surface area contributed by atoms with E-state index in [1.165, 1.54) is 22.3 Å². The molecule has 2 heterocycles. The van der Waals surface area contributed by atoms with Crippen LogP contribution in [0.1, 0.15) is 30.0 Å². The van der Waals surface area contributed by atoms with Crippen molar-refractivity contribution in [2.24, 2.45) is 0 Å². The van der Waals surface area contributed by atoms with Crippen molar-refractivity contribution in [1.29, 1.82) is 0 Å². The smallest absolute Gasteiger partial charge is 0.136 e. The van der Waals surface area contributed by atoms with E-state index in [9.17, 15) is 0 Å². The van der Waals surface area contributed by atoms with Crippen molar-refractivity contribution in [3.05, 3.63) is 71.7 Å². The Kier molecular flexibility index (Phi) is 3.38. The molecule has 0 amide bonds. The predicted octanol–water partition coefficient (Wildman–Crippen LogP) is 4.59. The van der Waals surface area contributed by atoms with Gasteiger partial charge in [0, 0.05) is 18.6 Å². The molecule has 0 aliphatic carbocycles. The number of pyridine rings is 1. The van der Waals surface area contributed by atoms with Crippen molar-refractivity contribution in [3.8, 4) is 0 Å². The Labute approximate surface area is 119 Å². The summed E-state index contributed by atoms with van der Waals surface area (Å²) in [4.78, 5) is 4.27. The van der Waals surface area contributed by atoms with Gasteiger partial charge in [-0.15, -0.1) is 0 Å². The Morgan fingerprint density at radius 3 is 2.85 bits per heavy atom. The highest BCUT2D eigenvalue weighted by molar-refractivity contribution is 5.82. The molecule has 3 aromatic rings. The Hall–Kier alpha value is -2.35. The zero-order valence-corrected chi connectivity index (χ0v) is 11.9. The largest absolute Gasteiger partial charge is 0.307 e. The van der Waals surface area contributed by atoms with Gasteiger partial charge in [0.15, 0.2) is 0 Å². The van der Waals surface area contributed by atoms with Gasteiger partial charge in [0.1, 0.15) is 5.65 Å². The number of nitrogens with zero attached hydrogens (tertiary/aromatic N) is 2. The summed E-state index contributed by atoms with van der Waals surface area (Å²) in [7, 11) is 0. The Morgan fingerprint density at radius 1 is 1.20 bits per heavy atom. The summed E-state index contributed by atoms with van der Waals surface area (Å²) in [5, 5.41) is 0. The fraction of sp³-hybridized carbons (Fsp3) is 0.167. The molecule has 0 aliphatic rings. The maximum absolute atomic E-state index is 4.27. The third-order valence-electron chi connectivity index (χ3n) is 3.62. The van der Waals surface area contributed by atoms with Crippen molar-refractivity contribution in [2.45, 2.75) is 20.3 Å². The van der Waals surface area contributed by atoms with E-state index in [1.54, 1.807) is 0 Å². The molecule has 100 valence electrons. The number of imidazole rings is 1. The maximum atomic E-state index is 4.27. The number of aromatic nitrogens is 2. The number of rotatable bonds is 3. The minimum atomic E-state index is 0.982. The van der Waals surface area contributed by atoms with Crippen LogP contribution in [-0.4, -0.2) is 9.38 Å². The lowest BCUT2D eigenvalue weighted by molar-refractivity contribution is 1.18. The summed E-state index contributed by atoms with van der Waals surface area (Å²) in [6.45, 7) is 4.37. The van der Waals surface area contributed by atoms with E-state index in [-0.39, 0.29) is 0 Å². The molecule has 0 radical (unpaired) electrons. The number of fused-ring (bicyclic) bond motifs is 1. The Balaban J connectivity index is 2.05. The first-order chi connectivity index (χ1) is 9.78. The van der Waals surface area contributed by atoms with Crippen LogP contribution in [0.25, 0.3) is 17.3 Å². The molecule has 0 bridgehead atoms. The zero-order valence-electron chi connectivity index (χ0n) is 11.9. The predicted molar refractivity (Wildman–Crippen MR) is 84.5 cm³/mol. The lowest BCUT2D eigenvalue weighted by Crippen LogP contribution is -1.89. The molecule has 1 aromatic carbocycles. The van der Waals surface area contributed by atoms with E-state index in [0.29, 0.717) is 0 Å². The van der Waals surface area contributed by atoms with E-state index in [1.807, 2.05) is 12.4 Å². The van der Waals surface area contributed by atoms with Crippen LogP contribution < -0.4 is 0 Å². The summed E-state index contributed by atoms with van der Waals surface area (Å²) in [6.07, 6.45) is 9.21. The normalized spacial score (nSPS) is 12.0. The second-order valence-corrected chi connectivity index (χ2v) is 4.99. The Morgan fingerprint density at radius 2 is 2.05 bits per heavy atom. The van der Waals surface area contributed by atoms with E-state index in [0.717, 1.165) is 12.1 Å². The third kappa shape index (κ3) is 2.37. The minimum Gasteiger partial charge on any atom is -0.307 e. The first-order valence-corrected chi connectivity index (χ1v) is 6.97. The number of hydrogen-bond acceptors (Lipinski definition) is 1. The van der Waals surface area contributed by atoms with Crippen molar-refractivity contribution in [3.63, 3.8) is 0 Å². The number of allylic oxidation sites excluding steroid dienone is 1. The standard InChI is InChI=1S/C18H18N2/c1-3-16(17-7-5-4-6-14(17)2)12-15-8-9-18-19-10-11-20(18)13-15/h4-13H,3H2,1-2H3/b16-12+. The first kappa shape index (κ1) is 12.7. The van der Waals surface area contributed by atoms with Gasteiger partial charge in [-0.1, -0.05) is 31.2 Å². The molecule has 0 unspecified atom stereocenters. The highest BCUT2D eigenvalue weighted by Crippen LogP contribution is 2.24. The monoisotopic (exact) mass is 262 g/mol. The molecule has 3 rings (SSSR count). The van der Waals surface area contributed by atoms with Gasteiger partial charge in [0.2, 0.25) is 0 Å². The fourth-order valence-corrected chi connectivity index (χ4v) is 2.53. The van der Waals surface area contributed by atoms with Crippen LogP contribution in [0.3, 0.4) is 0 Å². The van der Waals surface area contributed by atoms with Crippen molar-refractivity contribution in [1.82, 2.24) is 9.38 Å². The fourth-order valence-electron chi connectivity index (χ4n) is 2.53. The van der Waals surface area contributed by atoms with Crippen LogP contribution in [-0.2, 0) is 0 Å². The molecule has 2 nitrogen and oxygen atoms in total. The van der Waals surface area contributed by atoms with E-state index < -0.39 is 0 Å². The highest BCUT2D eigenvalue weighted by atomic mass is 15.0. The van der Waals surface area contributed by atoms with Crippen molar-refractivity contribution in [2.75, 3.05) is 0 Å². The lowest BCUT2D eigenvalue weighted by Gasteiger charge is -2.09. The molecular formula is C18H18N2. The second-order valence-electron chi connectivity index (χ2n) is 4.99. The molecule has 0 fully saturated rings. The van der Waals surface area contributed by atoms with Crippen molar-refractivity contribution < 1.29 is 0 Å². The molecule has 0 aliphatic heterocycles. The maximum Gasteiger partial charge on any atom is 0.136 e. The summed E-state index contributed by atoms with van der Waals surface area (Å²) in [5.74, 6) is 0. The van der Waals surface area contributed by atoms with Crippen LogP contribution in [0.2, 0.25) is 0 Å². The number of benzene rings is 1. The van der Waals surface area contributed by atoms with E-state index in [2.05, 4.69) is 71.9 Å². The highest BCUT2D eigenvalue weighted by Gasteiger charge is 2.03. The summed E-state index contributed by atoms with van der Waals surface area (Å²) in [6, 6.07) is 12.7. The summed E-state index contributed by atoms with van der Waals surface area (Å²) < 4.78 is 2.05. The Bertz CT molecular complexity index is 766. The number of aryl methyl sites for hydroxylation is 1.